The summed E-state index contributed by atoms with van der Waals surface area (Å²) in [5, 5.41) is 7.57. The highest BCUT2D eigenvalue weighted by Gasteiger charge is 2.29. The van der Waals surface area contributed by atoms with E-state index in [9.17, 15) is 9.59 Å². The zero-order valence-electron chi connectivity index (χ0n) is 17.4. The molecule has 0 radical (unpaired) electrons. The van der Waals surface area contributed by atoms with Crippen LogP contribution in [0.2, 0.25) is 0 Å². The summed E-state index contributed by atoms with van der Waals surface area (Å²) in [6.07, 6.45) is 4.56. The van der Waals surface area contributed by atoms with Crippen molar-refractivity contribution in [1.29, 1.82) is 0 Å². The van der Waals surface area contributed by atoms with Crippen LogP contribution in [0.1, 0.15) is 35.5 Å². The van der Waals surface area contributed by atoms with Crippen LogP contribution in [0.3, 0.4) is 0 Å². The Bertz CT molecular complexity index is 1010. The van der Waals surface area contributed by atoms with Gasteiger partial charge >= 0.3 is 0 Å². The van der Waals surface area contributed by atoms with E-state index in [1.54, 1.807) is 21.7 Å². The van der Waals surface area contributed by atoms with Crippen molar-refractivity contribution < 1.29 is 14.0 Å². The van der Waals surface area contributed by atoms with Crippen LogP contribution in [0.4, 0.5) is 5.82 Å². The molecule has 3 N–H and O–H groups in total. The van der Waals surface area contributed by atoms with Crippen LogP contribution in [0, 0.1) is 5.92 Å². The third-order valence-electron chi connectivity index (χ3n) is 5.51. The molecule has 1 fully saturated rings. The smallest absolute Gasteiger partial charge is 0.289 e. The van der Waals surface area contributed by atoms with Crippen LogP contribution in [0.15, 0.2) is 59.2 Å². The van der Waals surface area contributed by atoms with Crippen LogP contribution < -0.4 is 11.1 Å². The highest BCUT2D eigenvalue weighted by atomic mass is 16.3. The number of nitrogens with zero attached hydrogens (tertiary/aromatic N) is 3. The Morgan fingerprint density at radius 3 is 2.81 bits per heavy atom. The first kappa shape index (κ1) is 20.7. The van der Waals surface area contributed by atoms with Gasteiger partial charge in [0.15, 0.2) is 5.76 Å². The number of rotatable bonds is 7. The molecule has 0 aliphatic carbocycles. The van der Waals surface area contributed by atoms with Crippen molar-refractivity contribution in [1.82, 2.24) is 20.0 Å². The normalized spacial score (nSPS) is 16.3. The van der Waals surface area contributed by atoms with Gasteiger partial charge in [-0.05, 0) is 49.9 Å². The second kappa shape index (κ2) is 9.51. The fourth-order valence-electron chi connectivity index (χ4n) is 3.90. The van der Waals surface area contributed by atoms with Gasteiger partial charge in [0.05, 0.1) is 23.6 Å². The zero-order chi connectivity index (χ0) is 21.6. The van der Waals surface area contributed by atoms with Gasteiger partial charge in [-0.1, -0.05) is 18.2 Å². The van der Waals surface area contributed by atoms with E-state index in [1.807, 2.05) is 36.4 Å². The monoisotopic (exact) mass is 421 g/mol. The standard InChI is InChI=1S/C23H27N5O3/c24-21-15-18(26-28(21)19-9-2-1-3-10-19)8-4-12-25-22(29)17-7-5-13-27(16-17)23(30)20-11-6-14-31-20/h1-3,6,9-11,14-15,17H,4-5,7-8,12-13,16,24H2,(H,25,29)/t17-/m0/s1. The number of para-hydroxylation sites is 1. The Morgan fingerprint density at radius 1 is 1.19 bits per heavy atom. The molecule has 1 atom stereocenters. The number of aromatic nitrogens is 2. The number of carbonyl (C=O) groups is 2. The summed E-state index contributed by atoms with van der Waals surface area (Å²) < 4.78 is 6.92. The Labute approximate surface area is 181 Å². The topological polar surface area (TPSA) is 106 Å². The van der Waals surface area contributed by atoms with Crippen molar-refractivity contribution in [3.63, 3.8) is 0 Å². The molecule has 162 valence electrons. The molecule has 3 heterocycles. The number of carbonyl (C=O) groups excluding carboxylic acids is 2. The maximum absolute atomic E-state index is 12.6. The molecular formula is C23H27N5O3. The molecule has 0 unspecified atom stereocenters. The fourth-order valence-corrected chi connectivity index (χ4v) is 3.90. The lowest BCUT2D eigenvalue weighted by atomic mass is 9.97. The van der Waals surface area contributed by atoms with Gasteiger partial charge in [-0.3, -0.25) is 9.59 Å². The molecule has 1 aliphatic rings. The third-order valence-corrected chi connectivity index (χ3v) is 5.51. The van der Waals surface area contributed by atoms with Crippen LogP contribution in [0.5, 0.6) is 0 Å². The first-order valence-corrected chi connectivity index (χ1v) is 10.6. The number of likely N-dealkylation sites (tertiary alicyclic amines) is 1. The van der Waals surface area contributed by atoms with E-state index >= 15 is 0 Å². The summed E-state index contributed by atoms with van der Waals surface area (Å²) in [6.45, 7) is 1.62. The molecule has 8 nitrogen and oxygen atoms in total. The second-order valence-electron chi connectivity index (χ2n) is 7.77. The number of benzene rings is 1. The number of nitrogen functional groups attached to an aromatic ring is 1. The number of furan rings is 1. The van der Waals surface area contributed by atoms with Crippen molar-refractivity contribution in [2.24, 2.45) is 5.92 Å². The number of anilines is 1. The van der Waals surface area contributed by atoms with E-state index in [1.165, 1.54) is 6.26 Å². The summed E-state index contributed by atoms with van der Waals surface area (Å²) >= 11 is 0. The van der Waals surface area contributed by atoms with Gasteiger partial charge in [0, 0.05) is 25.7 Å². The predicted octanol–water partition coefficient (Wildman–Crippen LogP) is 2.65. The van der Waals surface area contributed by atoms with Gasteiger partial charge in [0.1, 0.15) is 5.82 Å². The number of amides is 2. The lowest BCUT2D eigenvalue weighted by molar-refractivity contribution is -0.126. The van der Waals surface area contributed by atoms with E-state index < -0.39 is 0 Å². The molecule has 3 aromatic rings. The first-order chi connectivity index (χ1) is 15.1. The molecule has 8 heteroatoms. The molecule has 0 bridgehead atoms. The number of aryl methyl sites for hydroxylation is 1. The predicted molar refractivity (Wildman–Crippen MR) is 117 cm³/mol. The number of hydrogen-bond donors (Lipinski definition) is 2. The van der Waals surface area contributed by atoms with Crippen LogP contribution >= 0.6 is 0 Å². The highest BCUT2D eigenvalue weighted by molar-refractivity contribution is 5.92. The summed E-state index contributed by atoms with van der Waals surface area (Å²) in [5.74, 6) is 0.546. The van der Waals surface area contributed by atoms with Gasteiger partial charge in [-0.25, -0.2) is 4.68 Å². The molecule has 0 saturated carbocycles. The molecule has 4 rings (SSSR count). The van der Waals surface area contributed by atoms with Gasteiger partial charge in [0.25, 0.3) is 5.91 Å². The quantitative estimate of drug-likeness (QED) is 0.571. The molecule has 0 spiro atoms. The summed E-state index contributed by atoms with van der Waals surface area (Å²) in [6, 6.07) is 15.0. The third kappa shape index (κ3) is 4.96. The molecule has 1 aromatic carbocycles. The first-order valence-electron chi connectivity index (χ1n) is 10.6. The molecular weight excluding hydrogens is 394 g/mol. The molecule has 31 heavy (non-hydrogen) atoms. The average Bonchev–Trinajstić information content (AvgIpc) is 3.47. The van der Waals surface area contributed by atoms with Crippen molar-refractivity contribution in [3.8, 4) is 5.69 Å². The lowest BCUT2D eigenvalue weighted by Crippen LogP contribution is -2.45. The molecule has 2 aromatic heterocycles. The minimum absolute atomic E-state index is 0.00808. The van der Waals surface area contributed by atoms with E-state index in [0.717, 1.165) is 37.1 Å². The van der Waals surface area contributed by atoms with E-state index in [4.69, 9.17) is 10.2 Å². The van der Waals surface area contributed by atoms with E-state index in [2.05, 4.69) is 10.4 Å². The van der Waals surface area contributed by atoms with Gasteiger partial charge in [-0.15, -0.1) is 0 Å². The zero-order valence-corrected chi connectivity index (χ0v) is 17.4. The van der Waals surface area contributed by atoms with Gasteiger partial charge < -0.3 is 20.4 Å². The summed E-state index contributed by atoms with van der Waals surface area (Å²) in [5.41, 5.74) is 7.90. The molecule has 1 aliphatic heterocycles. The Hall–Kier alpha value is -3.55. The summed E-state index contributed by atoms with van der Waals surface area (Å²) in [4.78, 5) is 26.8. The van der Waals surface area contributed by atoms with Gasteiger partial charge in [-0.2, -0.15) is 5.10 Å². The lowest BCUT2D eigenvalue weighted by Gasteiger charge is -2.31. The number of nitrogens with two attached hydrogens (primary N) is 1. The number of nitrogens with one attached hydrogen (secondary N) is 1. The maximum atomic E-state index is 12.6. The van der Waals surface area contributed by atoms with Crippen LogP contribution in [-0.2, 0) is 11.2 Å². The number of piperidine rings is 1. The summed E-state index contributed by atoms with van der Waals surface area (Å²) in [7, 11) is 0. The van der Waals surface area contributed by atoms with Crippen molar-refractivity contribution >= 4 is 17.6 Å². The minimum Gasteiger partial charge on any atom is -0.459 e. The Morgan fingerprint density at radius 2 is 2.03 bits per heavy atom. The minimum atomic E-state index is -0.194. The van der Waals surface area contributed by atoms with E-state index in [0.29, 0.717) is 31.2 Å². The van der Waals surface area contributed by atoms with E-state index in [-0.39, 0.29) is 17.7 Å². The molecule has 2 amide bonds. The average molecular weight is 422 g/mol. The number of hydrogen-bond acceptors (Lipinski definition) is 5. The van der Waals surface area contributed by atoms with Crippen LogP contribution in [0.25, 0.3) is 5.69 Å². The Kier molecular flexibility index (Phi) is 6.35. The SMILES string of the molecule is Nc1cc(CCCNC(=O)[C@H]2CCCN(C(=O)c3ccco3)C2)nn1-c1ccccc1. The maximum Gasteiger partial charge on any atom is 0.289 e. The highest BCUT2D eigenvalue weighted by Crippen LogP contribution is 2.19. The Balaban J connectivity index is 1.24. The largest absolute Gasteiger partial charge is 0.459 e. The van der Waals surface area contributed by atoms with Crippen molar-refractivity contribution in [2.75, 3.05) is 25.4 Å². The van der Waals surface area contributed by atoms with Crippen molar-refractivity contribution in [2.45, 2.75) is 25.7 Å². The molecule has 1 saturated heterocycles. The fraction of sp³-hybridized carbons (Fsp3) is 0.348. The second-order valence-corrected chi connectivity index (χ2v) is 7.77. The van der Waals surface area contributed by atoms with Crippen LogP contribution in [-0.4, -0.2) is 46.1 Å². The van der Waals surface area contributed by atoms with Crippen molar-refractivity contribution in [3.05, 3.63) is 66.2 Å². The van der Waals surface area contributed by atoms with Gasteiger partial charge in [0.2, 0.25) is 5.91 Å².